The molecule has 0 spiro atoms. The summed E-state index contributed by atoms with van der Waals surface area (Å²) in [6.07, 6.45) is 0. The Balaban J connectivity index is 1.34. The van der Waals surface area contributed by atoms with Gasteiger partial charge in [-0.3, -0.25) is 0 Å². The minimum absolute atomic E-state index is 0.252. The molecule has 5 aromatic carbocycles. The summed E-state index contributed by atoms with van der Waals surface area (Å²) >= 11 is 0. The van der Waals surface area contributed by atoms with Crippen LogP contribution in [0.4, 0.5) is 4.39 Å². The first-order valence-electron chi connectivity index (χ1n) is 14.3. The lowest BCUT2D eigenvalue weighted by molar-refractivity contribution is 0.630. The summed E-state index contributed by atoms with van der Waals surface area (Å²) in [5.74, 6) is 0.289. The second-order valence-corrected chi connectivity index (χ2v) is 10.4. The van der Waals surface area contributed by atoms with Gasteiger partial charge in [0.15, 0.2) is 17.2 Å². The van der Waals surface area contributed by atoms with E-state index in [2.05, 4.69) is 0 Å². The van der Waals surface area contributed by atoms with Crippen molar-refractivity contribution in [1.29, 1.82) is 0 Å². The van der Waals surface area contributed by atoms with E-state index in [4.69, 9.17) is 24.4 Å². The summed E-state index contributed by atoms with van der Waals surface area (Å²) in [6, 6.07) is 44.2. The molecule has 0 N–H and O–H groups in total. The van der Waals surface area contributed by atoms with Gasteiger partial charge in [0.25, 0.3) is 0 Å². The molecule has 8 aromatic rings. The second-order valence-electron chi connectivity index (χ2n) is 10.4. The number of halogens is 1. The molecule has 0 saturated carbocycles. The first-order chi connectivity index (χ1) is 21.7. The Bertz CT molecular complexity index is 2230. The number of aromatic nitrogens is 4. The number of para-hydroxylation sites is 1. The number of benzene rings is 5. The Hall–Kier alpha value is -6.01. The van der Waals surface area contributed by atoms with Gasteiger partial charge < -0.3 is 4.42 Å². The highest BCUT2D eigenvalue weighted by Crippen LogP contribution is 2.37. The Morgan fingerprint density at radius 3 is 1.73 bits per heavy atom. The monoisotopic (exact) mass is 570 g/mol. The average molecular weight is 571 g/mol. The van der Waals surface area contributed by atoms with Crippen molar-refractivity contribution < 1.29 is 8.81 Å². The van der Waals surface area contributed by atoms with Crippen LogP contribution in [-0.2, 0) is 0 Å². The van der Waals surface area contributed by atoms with Crippen LogP contribution in [0.1, 0.15) is 0 Å². The Morgan fingerprint density at radius 2 is 1.07 bits per heavy atom. The third kappa shape index (κ3) is 4.59. The smallest absolute Gasteiger partial charge is 0.180 e. The predicted octanol–water partition coefficient (Wildman–Crippen LogP) is 9.64. The summed E-state index contributed by atoms with van der Waals surface area (Å²) < 4.78 is 21.9. The molecule has 0 aliphatic heterocycles. The van der Waals surface area contributed by atoms with Gasteiger partial charge >= 0.3 is 0 Å². The van der Waals surface area contributed by atoms with E-state index in [0.717, 1.165) is 33.5 Å². The molecule has 0 bridgehead atoms. The van der Waals surface area contributed by atoms with Crippen molar-refractivity contribution in [3.05, 3.63) is 145 Å². The van der Waals surface area contributed by atoms with E-state index < -0.39 is 5.82 Å². The van der Waals surface area contributed by atoms with Gasteiger partial charge in [-0.25, -0.2) is 24.3 Å². The highest BCUT2D eigenvalue weighted by molar-refractivity contribution is 6.07. The van der Waals surface area contributed by atoms with Crippen molar-refractivity contribution in [3.8, 4) is 56.5 Å². The summed E-state index contributed by atoms with van der Waals surface area (Å²) in [6.45, 7) is 0. The molecule has 3 heterocycles. The molecular formula is C38H23FN4O. The summed E-state index contributed by atoms with van der Waals surface area (Å²) in [5, 5.41) is 0.839. The molecule has 0 radical (unpaired) electrons. The van der Waals surface area contributed by atoms with Crippen LogP contribution in [0.5, 0.6) is 0 Å². The van der Waals surface area contributed by atoms with Crippen LogP contribution in [-0.4, -0.2) is 19.9 Å². The normalized spacial score (nSPS) is 11.3. The molecule has 0 fully saturated rings. The molecule has 208 valence electrons. The minimum Gasteiger partial charge on any atom is -0.452 e. The molecule has 0 unspecified atom stereocenters. The molecule has 0 amide bonds. The van der Waals surface area contributed by atoms with E-state index in [-0.39, 0.29) is 11.4 Å². The van der Waals surface area contributed by atoms with Crippen LogP contribution in [0.2, 0.25) is 0 Å². The molecular weight excluding hydrogens is 547 g/mol. The van der Waals surface area contributed by atoms with Crippen molar-refractivity contribution in [3.63, 3.8) is 0 Å². The zero-order chi connectivity index (χ0) is 29.5. The van der Waals surface area contributed by atoms with Crippen LogP contribution in [0, 0.1) is 5.82 Å². The molecule has 6 heteroatoms. The van der Waals surface area contributed by atoms with Gasteiger partial charge in [0.2, 0.25) is 0 Å². The van der Waals surface area contributed by atoms with Crippen molar-refractivity contribution in [2.24, 2.45) is 0 Å². The first kappa shape index (κ1) is 25.7. The first-order valence-corrected chi connectivity index (χ1v) is 14.3. The van der Waals surface area contributed by atoms with Crippen molar-refractivity contribution in [2.75, 3.05) is 0 Å². The lowest BCUT2D eigenvalue weighted by atomic mass is 10.0. The largest absolute Gasteiger partial charge is 0.452 e. The Labute approximate surface area is 252 Å². The van der Waals surface area contributed by atoms with Crippen molar-refractivity contribution in [1.82, 2.24) is 19.9 Å². The maximum absolute atomic E-state index is 15.7. The predicted molar refractivity (Wildman–Crippen MR) is 172 cm³/mol. The van der Waals surface area contributed by atoms with E-state index >= 15 is 4.39 Å². The minimum atomic E-state index is -0.442. The Kier molecular flexibility index (Phi) is 6.23. The summed E-state index contributed by atoms with van der Waals surface area (Å²) in [4.78, 5) is 19.6. The maximum atomic E-state index is 15.7. The molecule has 8 rings (SSSR count). The van der Waals surface area contributed by atoms with Gasteiger partial charge in [-0.2, -0.15) is 0 Å². The van der Waals surface area contributed by atoms with E-state index in [1.807, 2.05) is 121 Å². The maximum Gasteiger partial charge on any atom is 0.180 e. The number of nitrogens with zero attached hydrogens (tertiary/aromatic N) is 4. The zero-order valence-electron chi connectivity index (χ0n) is 23.4. The fourth-order valence-electron chi connectivity index (χ4n) is 5.43. The van der Waals surface area contributed by atoms with E-state index in [9.17, 15) is 0 Å². The summed E-state index contributed by atoms with van der Waals surface area (Å²) in [7, 11) is 0. The number of rotatable bonds is 5. The average Bonchev–Trinajstić information content (AvgIpc) is 3.48. The van der Waals surface area contributed by atoms with Crippen molar-refractivity contribution in [2.45, 2.75) is 0 Å². The Morgan fingerprint density at radius 1 is 0.477 bits per heavy atom. The SMILES string of the molecule is Fc1ccc(-c2nc(-c3ccccc3)cc(-c3ccccc3)n2)cc1-c1nc(-c2ccccc2)c2oc3ccccc3c2n1. The fraction of sp³-hybridized carbons (Fsp3) is 0. The zero-order valence-corrected chi connectivity index (χ0v) is 23.4. The summed E-state index contributed by atoms with van der Waals surface area (Å²) in [5.41, 5.74) is 7.70. The highest BCUT2D eigenvalue weighted by atomic mass is 19.1. The van der Waals surface area contributed by atoms with Crippen LogP contribution in [0.3, 0.4) is 0 Å². The standard InChI is InChI=1S/C38H23FN4O/c39-30-21-20-27(37-40-31(24-12-4-1-5-13-24)23-32(41-37)25-14-6-2-7-15-25)22-29(30)38-42-34(26-16-8-3-9-17-26)36-35(43-38)28-18-10-11-19-33(28)44-36/h1-23H. The fourth-order valence-corrected chi connectivity index (χ4v) is 5.43. The number of hydrogen-bond donors (Lipinski definition) is 0. The lowest BCUT2D eigenvalue weighted by Gasteiger charge is -2.11. The van der Waals surface area contributed by atoms with Gasteiger partial charge in [-0.1, -0.05) is 103 Å². The number of hydrogen-bond acceptors (Lipinski definition) is 5. The third-order valence-corrected chi connectivity index (χ3v) is 7.60. The number of fused-ring (bicyclic) bond motifs is 3. The second kappa shape index (κ2) is 10.7. The van der Waals surface area contributed by atoms with E-state index in [0.29, 0.717) is 33.8 Å². The van der Waals surface area contributed by atoms with Crippen LogP contribution in [0.25, 0.3) is 78.6 Å². The third-order valence-electron chi connectivity index (χ3n) is 7.60. The molecule has 3 aromatic heterocycles. The molecule has 44 heavy (non-hydrogen) atoms. The topological polar surface area (TPSA) is 64.7 Å². The van der Waals surface area contributed by atoms with Gasteiger partial charge in [-0.05, 0) is 36.4 Å². The van der Waals surface area contributed by atoms with Gasteiger partial charge in [-0.15, -0.1) is 0 Å². The lowest BCUT2D eigenvalue weighted by Crippen LogP contribution is -1.99. The van der Waals surface area contributed by atoms with Gasteiger partial charge in [0.05, 0.1) is 17.0 Å². The van der Waals surface area contributed by atoms with Crippen LogP contribution in [0.15, 0.2) is 144 Å². The highest BCUT2D eigenvalue weighted by Gasteiger charge is 2.20. The molecule has 0 atom stereocenters. The van der Waals surface area contributed by atoms with E-state index in [1.54, 1.807) is 12.1 Å². The molecule has 5 nitrogen and oxygen atoms in total. The number of furan rings is 1. The van der Waals surface area contributed by atoms with Crippen molar-refractivity contribution >= 4 is 22.1 Å². The van der Waals surface area contributed by atoms with Crippen LogP contribution < -0.4 is 0 Å². The molecule has 0 aliphatic carbocycles. The quantitative estimate of drug-likeness (QED) is 0.206. The molecule has 0 saturated heterocycles. The molecule has 0 aliphatic rings. The van der Waals surface area contributed by atoms with Gasteiger partial charge in [0.1, 0.15) is 22.6 Å². The van der Waals surface area contributed by atoms with Crippen LogP contribution >= 0.6 is 0 Å². The van der Waals surface area contributed by atoms with E-state index in [1.165, 1.54) is 6.07 Å². The van der Waals surface area contributed by atoms with Gasteiger partial charge in [0, 0.05) is 27.6 Å².